The van der Waals surface area contributed by atoms with Crippen LogP contribution >= 0.6 is 0 Å². The third-order valence-corrected chi connectivity index (χ3v) is 8.03. The van der Waals surface area contributed by atoms with E-state index in [0.717, 1.165) is 57.6 Å². The van der Waals surface area contributed by atoms with E-state index in [9.17, 15) is 18.5 Å². The Morgan fingerprint density at radius 3 is 2.20 bits per heavy atom. The molecule has 1 aromatic rings. The molecule has 192 valence electrons. The maximum absolute atomic E-state index is 12.7. The van der Waals surface area contributed by atoms with Gasteiger partial charge in [-0.05, 0) is 78.2 Å². The van der Waals surface area contributed by atoms with Crippen molar-refractivity contribution in [2.24, 2.45) is 0 Å². The van der Waals surface area contributed by atoms with Crippen LogP contribution in [-0.2, 0) is 19.3 Å². The standard InChI is InChI=1S/C25H35N3O6S/c1-25(2,3)34-24(29)28-17-5-6-18(28)13-21(12-17)32-19-7-9-20(10-8-19)33-23-16(14-26)11-22(15-27-23)35(4,30)31/h11,15,17-21H,5-10,12-13H2,1-4H3/t17-,18-,19?,20?/m0/s1. The number of amides is 1. The molecule has 0 spiro atoms. The predicted octanol–water partition coefficient (Wildman–Crippen LogP) is 3.99. The summed E-state index contributed by atoms with van der Waals surface area (Å²) in [4.78, 5) is 18.7. The van der Waals surface area contributed by atoms with Crippen LogP contribution in [-0.4, -0.2) is 66.6 Å². The molecule has 0 aromatic carbocycles. The molecule has 2 aliphatic heterocycles. The second kappa shape index (κ2) is 9.94. The van der Waals surface area contributed by atoms with Crippen LogP contribution in [0.4, 0.5) is 4.79 Å². The van der Waals surface area contributed by atoms with E-state index in [4.69, 9.17) is 14.2 Å². The van der Waals surface area contributed by atoms with Gasteiger partial charge in [0.15, 0.2) is 9.84 Å². The van der Waals surface area contributed by atoms with Crippen molar-refractivity contribution in [1.82, 2.24) is 9.88 Å². The fourth-order valence-corrected chi connectivity index (χ4v) is 5.95. The molecule has 1 saturated carbocycles. The van der Waals surface area contributed by atoms with Crippen LogP contribution in [0.25, 0.3) is 0 Å². The summed E-state index contributed by atoms with van der Waals surface area (Å²) in [5.41, 5.74) is -0.373. The smallest absolute Gasteiger partial charge is 0.410 e. The molecule has 1 aromatic heterocycles. The van der Waals surface area contributed by atoms with Gasteiger partial charge >= 0.3 is 6.09 Å². The summed E-state index contributed by atoms with van der Waals surface area (Å²) in [5.74, 6) is 0.176. The van der Waals surface area contributed by atoms with Crippen molar-refractivity contribution in [2.45, 2.75) is 113 Å². The number of carbonyl (C=O) groups is 1. The number of hydrogen-bond acceptors (Lipinski definition) is 8. The van der Waals surface area contributed by atoms with Gasteiger partial charge in [-0.3, -0.25) is 0 Å². The summed E-state index contributed by atoms with van der Waals surface area (Å²) in [6.07, 6.45) is 9.20. The number of nitriles is 1. The van der Waals surface area contributed by atoms with Crippen molar-refractivity contribution in [3.63, 3.8) is 0 Å². The molecule has 0 N–H and O–H groups in total. The minimum atomic E-state index is -3.44. The average molecular weight is 506 g/mol. The van der Waals surface area contributed by atoms with Gasteiger partial charge in [0.05, 0.1) is 17.1 Å². The molecule has 2 atom stereocenters. The van der Waals surface area contributed by atoms with Crippen LogP contribution < -0.4 is 4.74 Å². The fourth-order valence-electron chi connectivity index (χ4n) is 5.38. The summed E-state index contributed by atoms with van der Waals surface area (Å²) >= 11 is 0. The van der Waals surface area contributed by atoms with Crippen LogP contribution in [0.15, 0.2) is 17.2 Å². The number of sulfone groups is 1. The van der Waals surface area contributed by atoms with E-state index < -0.39 is 15.4 Å². The van der Waals surface area contributed by atoms with E-state index >= 15 is 0 Å². The maximum Gasteiger partial charge on any atom is 0.410 e. The van der Waals surface area contributed by atoms with E-state index in [-0.39, 0.29) is 52.8 Å². The lowest BCUT2D eigenvalue weighted by Crippen LogP contribution is -2.50. The summed E-state index contributed by atoms with van der Waals surface area (Å²) in [5, 5.41) is 9.40. The molecule has 0 unspecified atom stereocenters. The molecule has 35 heavy (non-hydrogen) atoms. The molecule has 1 aliphatic carbocycles. The molecule has 9 nitrogen and oxygen atoms in total. The summed E-state index contributed by atoms with van der Waals surface area (Å²) in [6, 6.07) is 3.65. The van der Waals surface area contributed by atoms with Crippen LogP contribution in [0.3, 0.4) is 0 Å². The quantitative estimate of drug-likeness (QED) is 0.589. The zero-order valence-electron chi connectivity index (χ0n) is 20.9. The van der Waals surface area contributed by atoms with Crippen LogP contribution in [0.5, 0.6) is 5.88 Å². The molecule has 10 heteroatoms. The van der Waals surface area contributed by atoms with Crippen LogP contribution in [0.2, 0.25) is 0 Å². The molecule has 3 aliphatic rings. The Morgan fingerprint density at radius 2 is 1.66 bits per heavy atom. The molecule has 2 bridgehead atoms. The van der Waals surface area contributed by atoms with E-state index in [1.54, 1.807) is 0 Å². The molecular weight excluding hydrogens is 470 g/mol. The van der Waals surface area contributed by atoms with Gasteiger partial charge in [-0.15, -0.1) is 0 Å². The van der Waals surface area contributed by atoms with Gasteiger partial charge in [0, 0.05) is 24.5 Å². The van der Waals surface area contributed by atoms with Crippen molar-refractivity contribution in [2.75, 3.05) is 6.26 Å². The Hall–Kier alpha value is -2.38. The van der Waals surface area contributed by atoms with Gasteiger partial charge in [0.2, 0.25) is 5.88 Å². The maximum atomic E-state index is 12.7. The lowest BCUT2D eigenvalue weighted by molar-refractivity contribution is -0.0814. The molecule has 0 radical (unpaired) electrons. The van der Waals surface area contributed by atoms with Crippen LogP contribution in [0.1, 0.15) is 77.7 Å². The first-order valence-electron chi connectivity index (χ1n) is 12.4. The number of piperidine rings is 1. The van der Waals surface area contributed by atoms with Crippen molar-refractivity contribution < 1.29 is 27.4 Å². The minimum Gasteiger partial charge on any atom is -0.473 e. The van der Waals surface area contributed by atoms with Gasteiger partial charge in [0.25, 0.3) is 0 Å². The third kappa shape index (κ3) is 6.25. The van der Waals surface area contributed by atoms with Gasteiger partial charge in [-0.25, -0.2) is 18.2 Å². The highest BCUT2D eigenvalue weighted by Crippen LogP contribution is 2.39. The molecular formula is C25H35N3O6S. The Balaban J connectivity index is 1.27. The van der Waals surface area contributed by atoms with Crippen molar-refractivity contribution in [3.8, 4) is 11.9 Å². The number of fused-ring (bicyclic) bond motifs is 2. The molecule has 2 saturated heterocycles. The van der Waals surface area contributed by atoms with Crippen molar-refractivity contribution in [3.05, 3.63) is 17.8 Å². The van der Waals surface area contributed by atoms with E-state index in [0.29, 0.717) is 0 Å². The van der Waals surface area contributed by atoms with E-state index in [2.05, 4.69) is 4.98 Å². The first kappa shape index (κ1) is 25.7. The molecule has 4 rings (SSSR count). The molecule has 3 heterocycles. The van der Waals surface area contributed by atoms with E-state index in [1.807, 2.05) is 31.7 Å². The van der Waals surface area contributed by atoms with Gasteiger partial charge in [0.1, 0.15) is 23.3 Å². The van der Waals surface area contributed by atoms with Crippen LogP contribution in [0, 0.1) is 11.3 Å². The Kier molecular flexibility index (Phi) is 7.30. The second-order valence-corrected chi connectivity index (χ2v) is 12.9. The van der Waals surface area contributed by atoms with Gasteiger partial charge < -0.3 is 19.1 Å². The predicted molar refractivity (Wildman–Crippen MR) is 128 cm³/mol. The van der Waals surface area contributed by atoms with Crippen molar-refractivity contribution >= 4 is 15.9 Å². The number of hydrogen-bond donors (Lipinski definition) is 0. The first-order chi connectivity index (χ1) is 16.4. The minimum absolute atomic E-state index is 0.00481. The number of carbonyl (C=O) groups excluding carboxylic acids is 1. The Labute approximate surface area is 207 Å². The highest BCUT2D eigenvalue weighted by Gasteiger charge is 2.45. The number of ether oxygens (including phenoxy) is 3. The second-order valence-electron chi connectivity index (χ2n) is 10.9. The number of nitrogens with zero attached hydrogens (tertiary/aromatic N) is 3. The fraction of sp³-hybridized carbons (Fsp3) is 0.720. The summed E-state index contributed by atoms with van der Waals surface area (Å²) < 4.78 is 41.5. The summed E-state index contributed by atoms with van der Waals surface area (Å²) in [6.45, 7) is 5.68. The Morgan fingerprint density at radius 1 is 1.06 bits per heavy atom. The highest BCUT2D eigenvalue weighted by molar-refractivity contribution is 7.90. The van der Waals surface area contributed by atoms with Crippen molar-refractivity contribution in [1.29, 1.82) is 5.26 Å². The van der Waals surface area contributed by atoms with E-state index in [1.165, 1.54) is 12.3 Å². The number of rotatable bonds is 5. The molecule has 3 fully saturated rings. The highest BCUT2D eigenvalue weighted by atomic mass is 32.2. The number of pyridine rings is 1. The lowest BCUT2D eigenvalue weighted by Gasteiger charge is -2.41. The largest absolute Gasteiger partial charge is 0.473 e. The SMILES string of the molecule is CC(C)(C)OC(=O)N1[C@H]2CC[C@H]1CC(OC1CCC(Oc3ncc(S(C)(=O)=O)cc3C#N)CC1)C2. The molecule has 1 amide bonds. The van der Waals surface area contributed by atoms with Gasteiger partial charge in [-0.2, -0.15) is 5.26 Å². The topological polar surface area (TPSA) is 119 Å². The van der Waals surface area contributed by atoms with Gasteiger partial charge in [-0.1, -0.05) is 0 Å². The lowest BCUT2D eigenvalue weighted by atomic mass is 9.93. The first-order valence-corrected chi connectivity index (χ1v) is 14.3. The zero-order chi connectivity index (χ0) is 25.4. The zero-order valence-corrected chi connectivity index (χ0v) is 21.7. The Bertz CT molecular complexity index is 1070. The third-order valence-electron chi connectivity index (χ3n) is 6.95. The normalized spacial score (nSPS) is 28.9. The number of aromatic nitrogens is 1. The summed E-state index contributed by atoms with van der Waals surface area (Å²) in [7, 11) is -3.44. The monoisotopic (exact) mass is 505 g/mol. The average Bonchev–Trinajstić information content (AvgIpc) is 3.04.